The highest BCUT2D eigenvalue weighted by atomic mass is 32.1. The molecular formula is C21H23N3O4S. The number of nitrogens with zero attached hydrogens (tertiary/aromatic N) is 1. The van der Waals surface area contributed by atoms with Crippen molar-refractivity contribution in [3.05, 3.63) is 35.2 Å². The molecule has 29 heavy (non-hydrogen) atoms. The SMILES string of the molecule is COC(=O)[C@H]1CCC[C@H]1C(=O)Nc1nc(-c2ccc(C(=O)NC3CC3)cc2)cs1. The van der Waals surface area contributed by atoms with Gasteiger partial charge in [0.1, 0.15) is 0 Å². The van der Waals surface area contributed by atoms with Crippen molar-refractivity contribution in [3.8, 4) is 11.3 Å². The molecule has 0 unspecified atom stereocenters. The molecule has 2 aromatic rings. The summed E-state index contributed by atoms with van der Waals surface area (Å²) >= 11 is 1.34. The first-order chi connectivity index (χ1) is 14.0. The number of methoxy groups -OCH3 is 1. The molecule has 1 heterocycles. The van der Waals surface area contributed by atoms with E-state index >= 15 is 0 Å². The van der Waals surface area contributed by atoms with E-state index in [0.717, 1.165) is 30.5 Å². The number of anilines is 1. The molecule has 2 amide bonds. The number of carbonyl (C=O) groups is 3. The third-order valence-corrected chi connectivity index (χ3v) is 6.20. The van der Waals surface area contributed by atoms with Crippen molar-refractivity contribution in [1.29, 1.82) is 0 Å². The predicted octanol–water partition coefficient (Wildman–Crippen LogP) is 3.23. The van der Waals surface area contributed by atoms with Gasteiger partial charge in [0.25, 0.3) is 5.91 Å². The van der Waals surface area contributed by atoms with E-state index in [1.54, 1.807) is 12.1 Å². The van der Waals surface area contributed by atoms with Crippen LogP contribution in [-0.4, -0.2) is 35.9 Å². The van der Waals surface area contributed by atoms with Gasteiger partial charge in [-0.05, 0) is 37.8 Å². The van der Waals surface area contributed by atoms with E-state index in [9.17, 15) is 14.4 Å². The van der Waals surface area contributed by atoms with Gasteiger partial charge in [-0.2, -0.15) is 0 Å². The number of amides is 2. The molecule has 4 rings (SSSR count). The van der Waals surface area contributed by atoms with E-state index < -0.39 is 0 Å². The second-order valence-corrected chi connectivity index (χ2v) is 8.38. The van der Waals surface area contributed by atoms with Gasteiger partial charge in [0.15, 0.2) is 5.13 Å². The largest absolute Gasteiger partial charge is 0.469 e. The molecule has 8 heteroatoms. The summed E-state index contributed by atoms with van der Waals surface area (Å²) in [6.45, 7) is 0. The van der Waals surface area contributed by atoms with Crippen LogP contribution < -0.4 is 10.6 Å². The Balaban J connectivity index is 1.39. The van der Waals surface area contributed by atoms with Crippen molar-refractivity contribution in [2.75, 3.05) is 12.4 Å². The van der Waals surface area contributed by atoms with E-state index in [1.807, 2.05) is 17.5 Å². The maximum absolute atomic E-state index is 12.6. The van der Waals surface area contributed by atoms with Gasteiger partial charge >= 0.3 is 5.97 Å². The highest BCUT2D eigenvalue weighted by Crippen LogP contribution is 2.34. The minimum Gasteiger partial charge on any atom is -0.469 e. The summed E-state index contributed by atoms with van der Waals surface area (Å²) in [5.41, 5.74) is 2.23. The maximum atomic E-state index is 12.6. The van der Waals surface area contributed by atoms with Crippen molar-refractivity contribution in [2.45, 2.75) is 38.1 Å². The van der Waals surface area contributed by atoms with Crippen LogP contribution in [0.15, 0.2) is 29.6 Å². The molecule has 2 saturated carbocycles. The minimum atomic E-state index is -0.381. The Kier molecular flexibility index (Phi) is 5.62. The molecule has 1 aromatic heterocycles. The number of esters is 1. The number of thiazole rings is 1. The molecule has 2 N–H and O–H groups in total. The Morgan fingerprint density at radius 2 is 1.79 bits per heavy atom. The molecule has 2 atom stereocenters. The first-order valence-corrected chi connectivity index (χ1v) is 10.7. The summed E-state index contributed by atoms with van der Waals surface area (Å²) in [7, 11) is 1.35. The van der Waals surface area contributed by atoms with Gasteiger partial charge in [0.05, 0.1) is 24.6 Å². The quantitative estimate of drug-likeness (QED) is 0.709. The zero-order valence-electron chi connectivity index (χ0n) is 16.1. The summed E-state index contributed by atoms with van der Waals surface area (Å²) < 4.78 is 4.82. The average molecular weight is 413 g/mol. The third kappa shape index (κ3) is 4.48. The number of hydrogen-bond donors (Lipinski definition) is 2. The molecule has 0 saturated heterocycles. The van der Waals surface area contributed by atoms with Gasteiger partial charge in [-0.15, -0.1) is 11.3 Å². The van der Waals surface area contributed by atoms with Crippen molar-refractivity contribution in [3.63, 3.8) is 0 Å². The normalized spacial score (nSPS) is 20.9. The van der Waals surface area contributed by atoms with Crippen LogP contribution in [0.1, 0.15) is 42.5 Å². The van der Waals surface area contributed by atoms with Crippen LogP contribution in [0.5, 0.6) is 0 Å². The molecule has 2 fully saturated rings. The number of benzene rings is 1. The van der Waals surface area contributed by atoms with Gasteiger partial charge in [0.2, 0.25) is 5.91 Å². The summed E-state index contributed by atoms with van der Waals surface area (Å²) in [5, 5.41) is 8.16. The van der Waals surface area contributed by atoms with Crippen molar-refractivity contribution in [1.82, 2.24) is 10.3 Å². The second-order valence-electron chi connectivity index (χ2n) is 7.52. The molecule has 1 aromatic carbocycles. The van der Waals surface area contributed by atoms with Gasteiger partial charge in [-0.25, -0.2) is 4.98 Å². The Morgan fingerprint density at radius 3 is 2.48 bits per heavy atom. The molecular weight excluding hydrogens is 390 g/mol. The summed E-state index contributed by atoms with van der Waals surface area (Å²) in [6, 6.07) is 7.60. The number of nitrogens with one attached hydrogen (secondary N) is 2. The summed E-state index contributed by atoms with van der Waals surface area (Å²) in [6.07, 6.45) is 4.29. The number of hydrogen-bond acceptors (Lipinski definition) is 6. The number of carbonyl (C=O) groups excluding carboxylic acids is 3. The Bertz CT molecular complexity index is 920. The standard InChI is InChI=1S/C21H23N3O4S/c1-28-20(27)16-4-2-3-15(16)19(26)24-21-23-17(11-29-21)12-5-7-13(8-6-12)18(25)22-14-9-10-14/h5-8,11,14-16H,2-4,9-10H2,1H3,(H,22,25)(H,23,24,26)/t15-,16+/m1/s1. The fourth-order valence-electron chi connectivity index (χ4n) is 3.66. The van der Waals surface area contributed by atoms with Gasteiger partial charge < -0.3 is 15.4 Å². The zero-order chi connectivity index (χ0) is 20.4. The minimum absolute atomic E-state index is 0.0537. The van der Waals surface area contributed by atoms with E-state index in [-0.39, 0.29) is 29.6 Å². The Morgan fingerprint density at radius 1 is 1.07 bits per heavy atom. The van der Waals surface area contributed by atoms with Crippen molar-refractivity contribution in [2.24, 2.45) is 11.8 Å². The lowest BCUT2D eigenvalue weighted by atomic mass is 9.95. The van der Waals surface area contributed by atoms with Crippen LogP contribution in [0.25, 0.3) is 11.3 Å². The molecule has 0 radical (unpaired) electrons. The fourth-order valence-corrected chi connectivity index (χ4v) is 4.38. The molecule has 7 nitrogen and oxygen atoms in total. The highest BCUT2D eigenvalue weighted by Gasteiger charge is 2.38. The molecule has 0 bridgehead atoms. The summed E-state index contributed by atoms with van der Waals surface area (Å²) in [4.78, 5) is 41.0. The maximum Gasteiger partial charge on any atom is 0.309 e. The van der Waals surface area contributed by atoms with Gasteiger partial charge in [-0.1, -0.05) is 18.6 Å². The van der Waals surface area contributed by atoms with Gasteiger partial charge in [-0.3, -0.25) is 14.4 Å². The molecule has 152 valence electrons. The Hall–Kier alpha value is -2.74. The number of aromatic nitrogens is 1. The summed E-state index contributed by atoms with van der Waals surface area (Å²) in [5.74, 6) is -1.32. The topological polar surface area (TPSA) is 97.4 Å². The molecule has 2 aliphatic carbocycles. The van der Waals surface area contributed by atoms with Gasteiger partial charge in [0, 0.05) is 22.5 Å². The van der Waals surface area contributed by atoms with Crippen LogP contribution >= 0.6 is 11.3 Å². The molecule has 2 aliphatic rings. The first kappa shape index (κ1) is 19.6. The number of rotatable bonds is 6. The second kappa shape index (κ2) is 8.32. The zero-order valence-corrected chi connectivity index (χ0v) is 17.0. The van der Waals surface area contributed by atoms with Crippen LogP contribution in [0.3, 0.4) is 0 Å². The monoisotopic (exact) mass is 413 g/mol. The van der Waals surface area contributed by atoms with E-state index in [2.05, 4.69) is 15.6 Å². The third-order valence-electron chi connectivity index (χ3n) is 5.45. The fraction of sp³-hybridized carbons (Fsp3) is 0.429. The van der Waals surface area contributed by atoms with Crippen molar-refractivity contribution < 1.29 is 19.1 Å². The van der Waals surface area contributed by atoms with Crippen LogP contribution in [-0.2, 0) is 14.3 Å². The van der Waals surface area contributed by atoms with Crippen LogP contribution in [0.2, 0.25) is 0 Å². The van der Waals surface area contributed by atoms with Crippen LogP contribution in [0.4, 0.5) is 5.13 Å². The Labute approximate surface area is 172 Å². The molecule has 0 spiro atoms. The van der Waals surface area contributed by atoms with E-state index in [4.69, 9.17) is 4.74 Å². The smallest absolute Gasteiger partial charge is 0.309 e. The lowest BCUT2D eigenvalue weighted by molar-refractivity contribution is -0.148. The lowest BCUT2D eigenvalue weighted by Crippen LogP contribution is -2.30. The van der Waals surface area contributed by atoms with E-state index in [1.165, 1.54) is 18.4 Å². The average Bonchev–Trinajstić information content (AvgIpc) is 3.21. The first-order valence-electron chi connectivity index (χ1n) is 9.80. The lowest BCUT2D eigenvalue weighted by Gasteiger charge is -2.16. The number of ether oxygens (including phenoxy) is 1. The highest BCUT2D eigenvalue weighted by molar-refractivity contribution is 7.14. The van der Waals surface area contributed by atoms with E-state index in [0.29, 0.717) is 29.6 Å². The molecule has 0 aliphatic heterocycles. The predicted molar refractivity (Wildman–Crippen MR) is 110 cm³/mol. The van der Waals surface area contributed by atoms with Crippen molar-refractivity contribution >= 4 is 34.3 Å². The van der Waals surface area contributed by atoms with Crippen LogP contribution in [0, 0.1) is 11.8 Å².